The minimum Gasteiger partial charge on any atom is -0.512 e. The van der Waals surface area contributed by atoms with Gasteiger partial charge in [0.05, 0.1) is 0 Å². The van der Waals surface area contributed by atoms with Gasteiger partial charge < -0.3 is 57.4 Å². The van der Waals surface area contributed by atoms with E-state index in [0.717, 1.165) is 0 Å². The molecule has 8 N–H and O–H groups in total. The molecule has 0 aliphatic rings. The Hall–Kier alpha value is 0.440. The maximum absolute atomic E-state index is 6.25. The van der Waals surface area contributed by atoms with Gasteiger partial charge in [0.15, 0.2) is 0 Å². The summed E-state index contributed by atoms with van der Waals surface area (Å²) in [5.74, 6) is 0. The SMILES string of the molecule is O.O.O.O.[C-]#N.[C-]#N.[C-]#N.[K+].[Ni+2]. The maximum Gasteiger partial charge on any atom is 2.00 e. The van der Waals surface area contributed by atoms with Crippen LogP contribution in [0.1, 0.15) is 0 Å². The molecule has 0 amide bonds. The molecule has 12 heavy (non-hydrogen) atoms. The van der Waals surface area contributed by atoms with Gasteiger partial charge in [-0.3, -0.25) is 0 Å². The molecular weight excluding hydrogens is 240 g/mol. The molecule has 70 valence electrons. The second-order valence-electron chi connectivity index (χ2n) is 0. The molecule has 0 aromatic heterocycles. The zero-order valence-corrected chi connectivity index (χ0v) is 10.3. The first-order valence-corrected chi connectivity index (χ1v) is 0.671. The van der Waals surface area contributed by atoms with Crippen LogP contribution < -0.4 is 51.4 Å². The molecule has 0 unspecified atom stereocenters. The summed E-state index contributed by atoms with van der Waals surface area (Å²) in [7, 11) is 0. The van der Waals surface area contributed by atoms with E-state index in [2.05, 4.69) is 0 Å². The molecule has 0 fully saturated rings. The molecule has 0 aliphatic heterocycles. The van der Waals surface area contributed by atoms with Crippen LogP contribution in [-0.2, 0) is 16.5 Å². The van der Waals surface area contributed by atoms with Crippen LogP contribution in [0, 0.1) is 35.5 Å². The third-order valence-electron chi connectivity index (χ3n) is 0. The third-order valence-corrected chi connectivity index (χ3v) is 0. The minimum absolute atomic E-state index is 0. The van der Waals surface area contributed by atoms with Crippen LogP contribution >= 0.6 is 0 Å². The average molecular weight is 248 g/mol. The zero-order chi connectivity index (χ0) is 6.00. The van der Waals surface area contributed by atoms with Gasteiger partial charge in [0.2, 0.25) is 0 Å². The number of hydrogen-bond donors (Lipinski definition) is 0. The largest absolute Gasteiger partial charge is 2.00 e. The van der Waals surface area contributed by atoms with E-state index >= 15 is 0 Å². The van der Waals surface area contributed by atoms with Gasteiger partial charge >= 0.3 is 67.9 Å². The van der Waals surface area contributed by atoms with Gasteiger partial charge in [0, 0.05) is 0 Å². The monoisotopic (exact) mass is 247 g/mol. The van der Waals surface area contributed by atoms with Gasteiger partial charge in [-0.2, -0.15) is 0 Å². The van der Waals surface area contributed by atoms with Crippen molar-refractivity contribution in [3.05, 3.63) is 19.7 Å². The first-order chi connectivity index (χ1) is 3.00. The minimum atomic E-state index is 0. The van der Waals surface area contributed by atoms with Gasteiger partial charge in [-0.05, 0) is 0 Å². The summed E-state index contributed by atoms with van der Waals surface area (Å²) < 4.78 is 0. The smallest absolute Gasteiger partial charge is 0.512 e. The summed E-state index contributed by atoms with van der Waals surface area (Å²) in [4.78, 5) is 0. The van der Waals surface area contributed by atoms with Crippen molar-refractivity contribution in [2.45, 2.75) is 0 Å². The maximum atomic E-state index is 6.25. The molecule has 0 aliphatic carbocycles. The molecule has 0 atom stereocenters. The molecule has 0 bridgehead atoms. The second-order valence-corrected chi connectivity index (χ2v) is 0. The van der Waals surface area contributed by atoms with Gasteiger partial charge in [0.25, 0.3) is 0 Å². The molecule has 0 aromatic rings. The van der Waals surface area contributed by atoms with Crippen LogP contribution in [0.5, 0.6) is 0 Å². The summed E-state index contributed by atoms with van der Waals surface area (Å²) in [6.45, 7) is 14.2. The standard InChI is InChI=1S/3CN.K.Ni.4H2O/c3*1-2;;;;;;/h;;;;;4*1H2/q3*-1;+1;+2;;;;. The molecule has 0 aromatic carbocycles. The number of rotatable bonds is 0. The van der Waals surface area contributed by atoms with Gasteiger partial charge in [-0.25, -0.2) is 0 Å². The van der Waals surface area contributed by atoms with Crippen LogP contribution in [-0.4, -0.2) is 21.9 Å². The Morgan fingerprint density at radius 2 is 0.500 bits per heavy atom. The van der Waals surface area contributed by atoms with Gasteiger partial charge in [-0.1, -0.05) is 0 Å². The van der Waals surface area contributed by atoms with E-state index in [1.165, 1.54) is 0 Å². The fourth-order valence-electron chi connectivity index (χ4n) is 0. The van der Waals surface area contributed by atoms with Gasteiger partial charge in [0.1, 0.15) is 0 Å². The fraction of sp³-hybridized carbons (Fsp3) is 0. The quantitative estimate of drug-likeness (QED) is 0.304. The van der Waals surface area contributed by atoms with Crippen LogP contribution in [0.4, 0.5) is 0 Å². The van der Waals surface area contributed by atoms with E-state index in [-0.39, 0.29) is 89.8 Å². The molecule has 0 rings (SSSR count). The Morgan fingerprint density at radius 3 is 0.500 bits per heavy atom. The molecule has 0 saturated heterocycles. The summed E-state index contributed by atoms with van der Waals surface area (Å²) in [6.07, 6.45) is 0. The molecule has 7 nitrogen and oxygen atoms in total. The number of hydrogen-bond acceptors (Lipinski definition) is 3. The Kier molecular flexibility index (Phi) is 73900. The summed E-state index contributed by atoms with van der Waals surface area (Å²) in [6, 6.07) is 0. The third kappa shape index (κ3) is 4810. The summed E-state index contributed by atoms with van der Waals surface area (Å²) in [5, 5.41) is 18.8. The van der Waals surface area contributed by atoms with E-state index in [9.17, 15) is 0 Å². The molecule has 0 saturated carbocycles. The first-order valence-electron chi connectivity index (χ1n) is 0.671. The fourth-order valence-corrected chi connectivity index (χ4v) is 0. The van der Waals surface area contributed by atoms with Crippen molar-refractivity contribution < 1.29 is 89.8 Å². The van der Waals surface area contributed by atoms with E-state index in [1.807, 2.05) is 0 Å². The normalized spacial score (nSPS) is 0.500. The molecule has 0 spiro atoms. The second kappa shape index (κ2) is 6440. The zero-order valence-electron chi connectivity index (χ0n) is 6.16. The van der Waals surface area contributed by atoms with Crippen LogP contribution in [0.2, 0.25) is 0 Å². The predicted molar refractivity (Wildman–Crippen MR) is 29.4 cm³/mol. The van der Waals surface area contributed by atoms with Crippen LogP contribution in [0.25, 0.3) is 0 Å². The van der Waals surface area contributed by atoms with Crippen molar-refractivity contribution in [3.8, 4) is 0 Å². The number of nitrogens with zero attached hydrogens (tertiary/aromatic N) is 3. The Balaban J connectivity index is -0.00000000129. The Bertz CT molecular complexity index is 54.0. The van der Waals surface area contributed by atoms with Gasteiger partial charge in [-0.15, -0.1) is 0 Å². The van der Waals surface area contributed by atoms with E-state index in [1.54, 1.807) is 0 Å². The van der Waals surface area contributed by atoms with Crippen LogP contribution in [0.15, 0.2) is 0 Å². The summed E-state index contributed by atoms with van der Waals surface area (Å²) in [5.41, 5.74) is 0. The topological polar surface area (TPSA) is 197 Å². The summed E-state index contributed by atoms with van der Waals surface area (Å²) >= 11 is 0. The van der Waals surface area contributed by atoms with E-state index < -0.39 is 0 Å². The molecule has 0 radical (unpaired) electrons. The van der Waals surface area contributed by atoms with Crippen molar-refractivity contribution in [1.82, 2.24) is 0 Å². The molecular formula is C3H8KN3NiO4. The average Bonchev–Trinajstić information content (AvgIpc) is 1.81. The van der Waals surface area contributed by atoms with Crippen molar-refractivity contribution in [1.29, 1.82) is 15.8 Å². The van der Waals surface area contributed by atoms with Crippen LogP contribution in [0.3, 0.4) is 0 Å². The van der Waals surface area contributed by atoms with Crippen molar-refractivity contribution in [2.75, 3.05) is 0 Å². The predicted octanol–water partition coefficient (Wildman–Crippen LogP) is -6.01. The van der Waals surface area contributed by atoms with Crippen molar-refractivity contribution in [3.63, 3.8) is 0 Å². The molecule has 0 heterocycles. The first kappa shape index (κ1) is 138. The Morgan fingerprint density at radius 1 is 0.500 bits per heavy atom. The van der Waals surface area contributed by atoms with Crippen molar-refractivity contribution >= 4 is 0 Å². The Labute approximate surface area is 124 Å². The van der Waals surface area contributed by atoms with Crippen molar-refractivity contribution in [2.24, 2.45) is 0 Å². The molecule has 9 heteroatoms. The van der Waals surface area contributed by atoms with E-state index in [4.69, 9.17) is 35.5 Å². The van der Waals surface area contributed by atoms with E-state index in [0.29, 0.717) is 0 Å².